The van der Waals surface area contributed by atoms with E-state index >= 15 is 0 Å². The molecule has 0 spiro atoms. The summed E-state index contributed by atoms with van der Waals surface area (Å²) in [6, 6.07) is 0. The quantitative estimate of drug-likeness (QED) is 0.402. The molecule has 0 aliphatic heterocycles. The third kappa shape index (κ3) is 31.6. The fraction of sp³-hybridized carbons (Fsp3) is 1.00. The molecule has 0 radical (unpaired) electrons. The third-order valence-electron chi connectivity index (χ3n) is 1.27. The number of unbranched alkanes of at least 4 members (excludes halogenated alkanes) is 2. The van der Waals surface area contributed by atoms with Crippen LogP contribution >= 0.6 is 23.2 Å². The number of hydrogen-bond donors (Lipinski definition) is 0. The molecule has 13 heavy (non-hydrogen) atoms. The molecule has 0 aromatic rings. The number of alkyl halides is 2. The van der Waals surface area contributed by atoms with Gasteiger partial charge in [0.2, 0.25) is 0 Å². The van der Waals surface area contributed by atoms with Gasteiger partial charge in [0.15, 0.2) is 0 Å². The van der Waals surface area contributed by atoms with Gasteiger partial charge in [-0.15, -0.1) is 0 Å². The Morgan fingerprint density at radius 1 is 0.692 bits per heavy atom. The predicted octanol–water partition coefficient (Wildman–Crippen LogP) is 3.82. The molecule has 5 heteroatoms. The molecule has 0 rings (SSSR count). The van der Waals surface area contributed by atoms with E-state index in [1.54, 1.807) is 0 Å². The molecule has 0 bridgehead atoms. The van der Waals surface area contributed by atoms with Crippen molar-refractivity contribution in [2.45, 2.75) is 35.7 Å². The molecule has 0 saturated carbocycles. The molecule has 0 unspecified atom stereocenters. The first-order valence-electron chi connectivity index (χ1n) is 4.53. The van der Waals surface area contributed by atoms with Gasteiger partial charge in [-0.05, 0) is 0 Å². The van der Waals surface area contributed by atoms with Gasteiger partial charge >= 0.3 is 107 Å². The third-order valence-corrected chi connectivity index (χ3v) is 3.90. The van der Waals surface area contributed by atoms with Gasteiger partial charge in [-0.1, -0.05) is 0 Å². The SMILES string of the molecule is ClCCC[CH2][Zn+].ClCCC[CH2][Zn+].[O-2]. The summed E-state index contributed by atoms with van der Waals surface area (Å²) in [5.74, 6) is 1.69. The fourth-order valence-corrected chi connectivity index (χ4v) is 2.40. The van der Waals surface area contributed by atoms with E-state index < -0.39 is 0 Å². The Morgan fingerprint density at radius 3 is 1.08 bits per heavy atom. The van der Waals surface area contributed by atoms with E-state index in [9.17, 15) is 0 Å². The maximum absolute atomic E-state index is 5.39. The van der Waals surface area contributed by atoms with Gasteiger partial charge in [-0.2, -0.15) is 0 Å². The zero-order chi connectivity index (χ0) is 9.66. The van der Waals surface area contributed by atoms with Crippen LogP contribution in [0.25, 0.3) is 0 Å². The maximum atomic E-state index is 5.39. The first kappa shape index (κ1) is 20.2. The summed E-state index contributed by atoms with van der Waals surface area (Å²) in [6.07, 6.45) is 5.09. The Morgan fingerprint density at radius 2 is 1.00 bits per heavy atom. The molecule has 0 aromatic heterocycles. The van der Waals surface area contributed by atoms with Crippen LogP contribution in [0.15, 0.2) is 0 Å². The van der Waals surface area contributed by atoms with Gasteiger partial charge < -0.3 is 5.48 Å². The molecular formula is C8H16Cl2OZn2. The summed E-state index contributed by atoms with van der Waals surface area (Å²) in [5, 5.41) is 2.79. The van der Waals surface area contributed by atoms with Crippen LogP contribution in [0, 0.1) is 0 Å². The molecule has 72 valence electrons. The Labute approximate surface area is 112 Å². The standard InChI is InChI=1S/2C4H8Cl.O.2Zn/c2*1-2-3-4-5;;;/h2*1-4H2;;;/q;;-2;2*+1. The second kappa shape index (κ2) is 23.5. The van der Waals surface area contributed by atoms with Crippen LogP contribution in [0.3, 0.4) is 0 Å². The predicted molar refractivity (Wildman–Crippen MR) is 50.2 cm³/mol. The van der Waals surface area contributed by atoms with Crippen LogP contribution in [-0.4, -0.2) is 11.8 Å². The topological polar surface area (TPSA) is 28.5 Å². The van der Waals surface area contributed by atoms with Gasteiger partial charge in [-0.25, -0.2) is 0 Å². The van der Waals surface area contributed by atoms with Crippen molar-refractivity contribution >= 4 is 23.2 Å². The summed E-state index contributed by atoms with van der Waals surface area (Å²) in [5.41, 5.74) is 0. The van der Waals surface area contributed by atoms with Gasteiger partial charge in [-0.3, -0.25) is 0 Å². The normalized spacial score (nSPS) is 8.46. The molecule has 0 amide bonds. The molecule has 0 aliphatic rings. The second-order valence-corrected chi connectivity index (χ2v) is 6.22. The van der Waals surface area contributed by atoms with Crippen molar-refractivity contribution in [3.05, 3.63) is 0 Å². The van der Waals surface area contributed by atoms with E-state index in [4.69, 9.17) is 23.2 Å². The largest absolute Gasteiger partial charge is 2.00 e. The molecule has 0 atom stereocenters. The van der Waals surface area contributed by atoms with Gasteiger partial charge in [0.05, 0.1) is 0 Å². The van der Waals surface area contributed by atoms with Crippen molar-refractivity contribution in [2.24, 2.45) is 0 Å². The molecule has 0 aromatic carbocycles. The number of halogens is 2. The van der Waals surface area contributed by atoms with Crippen LogP contribution < -0.4 is 0 Å². The van der Waals surface area contributed by atoms with Crippen molar-refractivity contribution in [1.82, 2.24) is 0 Å². The molecule has 0 fully saturated rings. The van der Waals surface area contributed by atoms with E-state index in [0.29, 0.717) is 0 Å². The minimum atomic E-state index is 0. The zero-order valence-electron chi connectivity index (χ0n) is 8.24. The van der Waals surface area contributed by atoms with Crippen LogP contribution in [0.5, 0.6) is 0 Å². The summed E-state index contributed by atoms with van der Waals surface area (Å²) in [6.45, 7) is 0. The van der Waals surface area contributed by atoms with Gasteiger partial charge in [0.1, 0.15) is 0 Å². The molecule has 0 heterocycles. The smallest absolute Gasteiger partial charge is 2.00 e. The average molecular weight is 330 g/mol. The second-order valence-electron chi connectivity index (χ2n) is 2.50. The van der Waals surface area contributed by atoms with Crippen molar-refractivity contribution in [2.75, 3.05) is 11.8 Å². The van der Waals surface area contributed by atoms with E-state index in [1.807, 2.05) is 0 Å². The van der Waals surface area contributed by atoms with E-state index in [1.165, 1.54) is 72.3 Å². The van der Waals surface area contributed by atoms with Gasteiger partial charge in [0.25, 0.3) is 0 Å². The Hall–Kier alpha value is 1.79. The van der Waals surface area contributed by atoms with E-state index in [2.05, 4.69) is 0 Å². The van der Waals surface area contributed by atoms with E-state index in [0.717, 1.165) is 11.8 Å². The van der Waals surface area contributed by atoms with Crippen LogP contribution in [0.1, 0.15) is 25.7 Å². The number of hydrogen-bond acceptors (Lipinski definition) is 0. The summed E-state index contributed by atoms with van der Waals surface area (Å²) >= 11 is 13.6. The zero-order valence-corrected chi connectivity index (χ0v) is 15.7. The summed E-state index contributed by atoms with van der Waals surface area (Å²) in [4.78, 5) is 0. The molecule has 0 N–H and O–H groups in total. The molecule has 0 aliphatic carbocycles. The maximum Gasteiger partial charge on any atom is -2.00 e. The summed E-state index contributed by atoms with van der Waals surface area (Å²) in [7, 11) is 0. The molecule has 0 saturated heterocycles. The van der Waals surface area contributed by atoms with Crippen molar-refractivity contribution in [3.63, 3.8) is 0 Å². The monoisotopic (exact) mass is 326 g/mol. The molecule has 1 nitrogen and oxygen atoms in total. The Bertz CT molecular complexity index is 52.1. The fourth-order valence-electron chi connectivity index (χ4n) is 0.543. The van der Waals surface area contributed by atoms with Crippen LogP contribution in [-0.2, 0) is 42.1 Å². The van der Waals surface area contributed by atoms with Crippen molar-refractivity contribution in [3.8, 4) is 0 Å². The minimum absolute atomic E-state index is 0. The van der Waals surface area contributed by atoms with Gasteiger partial charge in [0, 0.05) is 0 Å². The average Bonchev–Trinajstić information content (AvgIpc) is 2.12. The van der Waals surface area contributed by atoms with Crippen LogP contribution in [0.4, 0.5) is 0 Å². The Kier molecular flexibility index (Phi) is 36.6. The van der Waals surface area contributed by atoms with Crippen molar-refractivity contribution < 1.29 is 42.1 Å². The van der Waals surface area contributed by atoms with Crippen LogP contribution in [0.2, 0.25) is 10.0 Å². The first-order valence-corrected chi connectivity index (χ1v) is 9.80. The Balaban J connectivity index is -0.000000143. The molecular weight excluding hydrogens is 314 g/mol. The first-order chi connectivity index (χ1) is 5.83. The van der Waals surface area contributed by atoms with E-state index in [-0.39, 0.29) is 5.48 Å². The van der Waals surface area contributed by atoms with Crippen molar-refractivity contribution in [1.29, 1.82) is 0 Å². The minimum Gasteiger partial charge on any atom is -2.00 e. The number of rotatable bonds is 6. The summed E-state index contributed by atoms with van der Waals surface area (Å²) < 4.78 is 0.